The van der Waals surface area contributed by atoms with Crippen LogP contribution in [0.15, 0.2) is 89.1 Å². The summed E-state index contributed by atoms with van der Waals surface area (Å²) in [7, 11) is -4.00. The fourth-order valence-corrected chi connectivity index (χ4v) is 5.84. The smallest absolute Gasteiger partial charge is 0.238 e. The van der Waals surface area contributed by atoms with Crippen molar-refractivity contribution < 1.29 is 13.5 Å². The second-order valence-electron chi connectivity index (χ2n) is 8.60. The molecule has 0 radical (unpaired) electrons. The van der Waals surface area contributed by atoms with Crippen molar-refractivity contribution in [3.63, 3.8) is 0 Å². The number of thiazole rings is 1. The molecule has 0 aliphatic heterocycles. The highest BCUT2D eigenvalue weighted by atomic mass is 32.2. The highest BCUT2D eigenvalue weighted by Gasteiger charge is 2.24. The Labute approximate surface area is 226 Å². The van der Waals surface area contributed by atoms with E-state index in [-0.39, 0.29) is 17.2 Å². The quantitative estimate of drug-likeness (QED) is 0.267. The zero-order chi connectivity index (χ0) is 27.0. The van der Waals surface area contributed by atoms with Crippen molar-refractivity contribution in [3.8, 4) is 44.9 Å². The predicted octanol–water partition coefficient (Wildman–Crippen LogP) is 3.79. The van der Waals surface area contributed by atoms with Crippen LogP contribution in [0.2, 0.25) is 0 Å². The van der Waals surface area contributed by atoms with Crippen LogP contribution in [0, 0.1) is 0 Å². The zero-order valence-electron chi connectivity index (χ0n) is 20.1. The number of sulfonamides is 1. The molecule has 13 heteroatoms. The number of aromatic nitrogens is 7. The van der Waals surface area contributed by atoms with Crippen molar-refractivity contribution in [2.24, 2.45) is 5.14 Å². The molecule has 0 fully saturated rings. The van der Waals surface area contributed by atoms with Crippen molar-refractivity contribution in [3.05, 3.63) is 95.4 Å². The third-order valence-electron chi connectivity index (χ3n) is 6.11. The van der Waals surface area contributed by atoms with Crippen LogP contribution in [0.3, 0.4) is 0 Å². The van der Waals surface area contributed by atoms with Crippen LogP contribution in [-0.4, -0.2) is 48.9 Å². The Hall–Kier alpha value is -4.72. The molecule has 194 valence electrons. The van der Waals surface area contributed by atoms with E-state index in [1.165, 1.54) is 22.1 Å². The summed E-state index contributed by atoms with van der Waals surface area (Å²) >= 11 is 1.24. The van der Waals surface area contributed by atoms with E-state index in [1.807, 2.05) is 54.6 Å². The number of nitrogens with two attached hydrogens (primary N) is 1. The molecule has 0 aliphatic rings. The summed E-state index contributed by atoms with van der Waals surface area (Å²) in [5.74, 6) is 0.207. The fraction of sp³-hybridized carbons (Fsp3) is 0.0385. The van der Waals surface area contributed by atoms with Crippen LogP contribution >= 0.6 is 11.3 Å². The molecule has 0 spiro atoms. The number of hydrogen-bond donors (Lipinski definition) is 3. The van der Waals surface area contributed by atoms with Gasteiger partial charge in [0.25, 0.3) is 0 Å². The van der Waals surface area contributed by atoms with E-state index >= 15 is 0 Å². The lowest BCUT2D eigenvalue weighted by Gasteiger charge is -2.09. The molecule has 0 unspecified atom stereocenters. The molecule has 11 nitrogen and oxygen atoms in total. The summed E-state index contributed by atoms with van der Waals surface area (Å²) in [5, 5.41) is 37.5. The number of tetrazole rings is 1. The molecule has 6 aromatic rings. The maximum absolute atomic E-state index is 12.3. The molecule has 0 atom stereocenters. The average molecular weight is 557 g/mol. The molecule has 0 saturated carbocycles. The number of primary sulfonamides is 1. The molecule has 0 bridgehead atoms. The number of nitrogens with one attached hydrogen (secondary N) is 1. The Kier molecular flexibility index (Phi) is 6.23. The van der Waals surface area contributed by atoms with E-state index in [9.17, 15) is 13.5 Å². The van der Waals surface area contributed by atoms with Gasteiger partial charge in [-0.2, -0.15) is 9.78 Å². The summed E-state index contributed by atoms with van der Waals surface area (Å²) in [6.07, 6.45) is 0.0631. The number of aromatic amines is 1. The van der Waals surface area contributed by atoms with Gasteiger partial charge in [0.2, 0.25) is 21.0 Å². The first-order valence-electron chi connectivity index (χ1n) is 11.7. The Morgan fingerprint density at radius 2 is 1.69 bits per heavy atom. The van der Waals surface area contributed by atoms with Crippen LogP contribution in [0.1, 0.15) is 11.1 Å². The molecule has 3 aromatic heterocycles. The van der Waals surface area contributed by atoms with E-state index in [4.69, 9.17) is 10.2 Å². The topological polar surface area (TPSA) is 166 Å². The molecule has 3 aromatic carbocycles. The molecule has 4 N–H and O–H groups in total. The highest BCUT2D eigenvalue weighted by molar-refractivity contribution is 7.89. The molecule has 3 heterocycles. The van der Waals surface area contributed by atoms with Crippen molar-refractivity contribution in [2.45, 2.75) is 11.3 Å². The molecular weight excluding hydrogens is 536 g/mol. The molecule has 0 amide bonds. The predicted molar refractivity (Wildman–Crippen MR) is 146 cm³/mol. The third-order valence-corrected chi connectivity index (χ3v) is 7.93. The minimum atomic E-state index is -4.00. The lowest BCUT2D eigenvalue weighted by Crippen LogP contribution is -2.14. The van der Waals surface area contributed by atoms with Crippen molar-refractivity contribution in [1.29, 1.82) is 0 Å². The van der Waals surface area contributed by atoms with Gasteiger partial charge in [-0.3, -0.25) is 0 Å². The normalized spacial score (nSPS) is 11.6. The summed E-state index contributed by atoms with van der Waals surface area (Å²) in [6.45, 7) is 0. The highest BCUT2D eigenvalue weighted by Crippen LogP contribution is 2.37. The van der Waals surface area contributed by atoms with Gasteiger partial charge in [-0.25, -0.2) is 23.6 Å². The van der Waals surface area contributed by atoms with Crippen LogP contribution in [0.4, 0.5) is 0 Å². The third kappa shape index (κ3) is 4.81. The van der Waals surface area contributed by atoms with Crippen LogP contribution in [0.5, 0.6) is 5.88 Å². The van der Waals surface area contributed by atoms with Crippen molar-refractivity contribution >= 4 is 21.4 Å². The minimum Gasteiger partial charge on any atom is -0.493 e. The number of nitrogens with zero attached hydrogens (tertiary/aromatic N) is 6. The summed E-state index contributed by atoms with van der Waals surface area (Å²) in [6, 6.07) is 24.1. The van der Waals surface area contributed by atoms with Crippen molar-refractivity contribution in [1.82, 2.24) is 35.4 Å². The summed E-state index contributed by atoms with van der Waals surface area (Å²) in [5.41, 5.74) is 4.56. The Morgan fingerprint density at radius 3 is 2.46 bits per heavy atom. The first-order valence-corrected chi connectivity index (χ1v) is 14.1. The first kappa shape index (κ1) is 24.6. The van der Waals surface area contributed by atoms with Gasteiger partial charge in [0.05, 0.1) is 4.90 Å². The van der Waals surface area contributed by atoms with Gasteiger partial charge < -0.3 is 5.11 Å². The second-order valence-corrected chi connectivity index (χ2v) is 11.0. The van der Waals surface area contributed by atoms with E-state index in [0.717, 1.165) is 16.7 Å². The van der Waals surface area contributed by atoms with E-state index < -0.39 is 10.0 Å². The van der Waals surface area contributed by atoms with E-state index in [1.54, 1.807) is 23.6 Å². The summed E-state index contributed by atoms with van der Waals surface area (Å²) in [4.78, 5) is 4.51. The van der Waals surface area contributed by atoms with Gasteiger partial charge in [0.15, 0.2) is 5.82 Å². The Bertz CT molecular complexity index is 1880. The molecule has 6 rings (SSSR count). The van der Waals surface area contributed by atoms with Gasteiger partial charge in [-0.1, -0.05) is 66.7 Å². The number of aromatic hydroxyl groups is 1. The largest absolute Gasteiger partial charge is 0.493 e. The zero-order valence-corrected chi connectivity index (χ0v) is 21.8. The number of H-pyrrole nitrogens is 1. The number of hydrogen-bond acceptors (Lipinski definition) is 9. The second kappa shape index (κ2) is 9.87. The Morgan fingerprint density at radius 1 is 0.949 bits per heavy atom. The monoisotopic (exact) mass is 556 g/mol. The molecule has 39 heavy (non-hydrogen) atoms. The standard InChI is InChI=1S/C26H20N8O3S2/c27-39(36,37)22-12-5-4-9-18(22)14-20-23(19-11-6-10-17(13-19)16-7-2-1-3-8-16)31-34(25(20)35)26-28-21(15-38-26)24-29-32-33-30-24/h1-13,15,35H,14H2,(H2,27,36,37)(H,29,30,32,33). The molecule has 0 aliphatic carbocycles. The van der Waals surface area contributed by atoms with Gasteiger partial charge in [0, 0.05) is 22.9 Å². The Balaban J connectivity index is 1.51. The fourth-order valence-electron chi connectivity index (χ4n) is 4.30. The lowest BCUT2D eigenvalue weighted by molar-refractivity contribution is 0.428. The number of benzene rings is 3. The maximum atomic E-state index is 12.3. The SMILES string of the molecule is NS(=O)(=O)c1ccccc1Cc1c(-c2cccc(-c3ccccc3)c2)nn(-c2nc(-c3nnn[nH]3)cs2)c1O. The van der Waals surface area contributed by atoms with E-state index in [2.05, 4.69) is 25.6 Å². The van der Waals surface area contributed by atoms with Gasteiger partial charge in [0.1, 0.15) is 11.4 Å². The van der Waals surface area contributed by atoms with Gasteiger partial charge >= 0.3 is 0 Å². The van der Waals surface area contributed by atoms with Crippen LogP contribution in [0.25, 0.3) is 39.0 Å². The van der Waals surface area contributed by atoms with Gasteiger partial charge in [-0.05, 0) is 39.2 Å². The first-order chi connectivity index (χ1) is 18.9. The van der Waals surface area contributed by atoms with Crippen molar-refractivity contribution in [2.75, 3.05) is 0 Å². The number of rotatable bonds is 7. The van der Waals surface area contributed by atoms with Crippen LogP contribution in [-0.2, 0) is 16.4 Å². The average Bonchev–Trinajstić information content (AvgIpc) is 3.70. The molecule has 0 saturated heterocycles. The maximum Gasteiger partial charge on any atom is 0.238 e. The van der Waals surface area contributed by atoms with Crippen LogP contribution < -0.4 is 5.14 Å². The van der Waals surface area contributed by atoms with E-state index in [0.29, 0.717) is 33.5 Å². The summed E-state index contributed by atoms with van der Waals surface area (Å²) < 4.78 is 25.9. The lowest BCUT2D eigenvalue weighted by atomic mass is 9.98. The van der Waals surface area contributed by atoms with Gasteiger partial charge in [-0.15, -0.1) is 16.4 Å². The minimum absolute atomic E-state index is 0.0181. The molecular formula is C26H20N8O3S2.